The zero-order chi connectivity index (χ0) is 16.9. The molecule has 7 heteroatoms. The molecular weight excluding hydrogens is 331 g/mol. The van der Waals surface area contributed by atoms with Crippen LogP contribution < -0.4 is 5.43 Å². The molecule has 0 aliphatic heterocycles. The van der Waals surface area contributed by atoms with Crippen molar-refractivity contribution in [1.82, 2.24) is 15.6 Å². The molecule has 0 saturated heterocycles. The van der Waals surface area contributed by atoms with Crippen LogP contribution in [0.3, 0.4) is 0 Å². The van der Waals surface area contributed by atoms with Crippen LogP contribution in [0.1, 0.15) is 16.1 Å². The molecule has 0 fully saturated rings. The fourth-order valence-corrected chi connectivity index (χ4v) is 2.11. The highest BCUT2D eigenvalue weighted by molar-refractivity contribution is 6.30. The maximum Gasteiger partial charge on any atom is 0.289 e. The lowest BCUT2D eigenvalue weighted by atomic mass is 10.1. The van der Waals surface area contributed by atoms with Gasteiger partial charge in [0, 0.05) is 10.6 Å². The van der Waals surface area contributed by atoms with Gasteiger partial charge < -0.3 is 0 Å². The number of hydrogen-bond acceptors (Lipinski definition) is 3. The van der Waals surface area contributed by atoms with E-state index in [0.29, 0.717) is 16.3 Å². The van der Waals surface area contributed by atoms with E-state index in [1.165, 1.54) is 18.3 Å². The van der Waals surface area contributed by atoms with Gasteiger partial charge in [-0.05, 0) is 48.0 Å². The molecule has 0 aliphatic carbocycles. The Morgan fingerprint density at radius 1 is 1.17 bits per heavy atom. The lowest BCUT2D eigenvalue weighted by Gasteiger charge is -1.96. The topological polar surface area (TPSA) is 70.1 Å². The number of hydrazone groups is 1. The standard InChI is InChI=1S/C17H12ClFN4O/c18-13-5-1-11(2-6-13)10-20-23-17(24)16-9-15(21-22-16)12-3-7-14(19)8-4-12/h1-10H,(H,21,22)(H,23,24). The van der Waals surface area contributed by atoms with Crippen molar-refractivity contribution in [1.29, 1.82) is 0 Å². The Kier molecular flexibility index (Phi) is 4.67. The third-order valence-electron chi connectivity index (χ3n) is 3.21. The Bertz CT molecular complexity index is 872. The van der Waals surface area contributed by atoms with Gasteiger partial charge in [0.2, 0.25) is 0 Å². The van der Waals surface area contributed by atoms with Crippen LogP contribution >= 0.6 is 11.6 Å². The van der Waals surface area contributed by atoms with Crippen molar-refractivity contribution in [2.75, 3.05) is 0 Å². The number of aromatic nitrogens is 2. The summed E-state index contributed by atoms with van der Waals surface area (Å²) in [5, 5.41) is 11.2. The van der Waals surface area contributed by atoms with Crippen molar-refractivity contribution in [3.8, 4) is 11.3 Å². The molecule has 0 atom stereocenters. The van der Waals surface area contributed by atoms with E-state index in [9.17, 15) is 9.18 Å². The molecule has 3 aromatic rings. The summed E-state index contributed by atoms with van der Waals surface area (Å²) in [4.78, 5) is 12.0. The largest absolute Gasteiger partial charge is 0.289 e. The van der Waals surface area contributed by atoms with E-state index in [-0.39, 0.29) is 11.5 Å². The zero-order valence-electron chi connectivity index (χ0n) is 12.3. The van der Waals surface area contributed by atoms with E-state index in [1.807, 2.05) is 0 Å². The number of benzene rings is 2. The van der Waals surface area contributed by atoms with Crippen LogP contribution in [0.25, 0.3) is 11.3 Å². The predicted molar refractivity (Wildman–Crippen MR) is 90.5 cm³/mol. The van der Waals surface area contributed by atoms with E-state index in [4.69, 9.17) is 11.6 Å². The molecule has 1 amide bonds. The SMILES string of the molecule is O=C(NN=Cc1ccc(Cl)cc1)c1cc(-c2ccc(F)cc2)n[nH]1. The number of amides is 1. The second-order valence-corrected chi connectivity index (χ2v) is 5.36. The van der Waals surface area contributed by atoms with E-state index in [1.54, 1.807) is 42.5 Å². The van der Waals surface area contributed by atoms with Crippen molar-refractivity contribution in [2.24, 2.45) is 5.10 Å². The third-order valence-corrected chi connectivity index (χ3v) is 3.46. The summed E-state index contributed by atoms with van der Waals surface area (Å²) in [6.45, 7) is 0. The van der Waals surface area contributed by atoms with Crippen LogP contribution in [0.15, 0.2) is 59.7 Å². The first-order valence-corrected chi connectivity index (χ1v) is 7.40. The number of rotatable bonds is 4. The van der Waals surface area contributed by atoms with Gasteiger partial charge in [-0.25, -0.2) is 9.82 Å². The number of aromatic amines is 1. The number of nitrogens with zero attached hydrogens (tertiary/aromatic N) is 2. The molecule has 0 saturated carbocycles. The molecule has 0 unspecified atom stereocenters. The Hall–Kier alpha value is -2.99. The molecular formula is C17H12ClFN4O. The Morgan fingerprint density at radius 2 is 1.88 bits per heavy atom. The summed E-state index contributed by atoms with van der Waals surface area (Å²) in [6.07, 6.45) is 1.51. The van der Waals surface area contributed by atoms with Crippen molar-refractivity contribution < 1.29 is 9.18 Å². The number of carbonyl (C=O) groups is 1. The Labute approximate surface area is 142 Å². The molecule has 0 bridgehead atoms. The minimum absolute atomic E-state index is 0.252. The average Bonchev–Trinajstić information content (AvgIpc) is 3.07. The van der Waals surface area contributed by atoms with E-state index < -0.39 is 5.91 Å². The highest BCUT2D eigenvalue weighted by Gasteiger charge is 2.10. The van der Waals surface area contributed by atoms with Gasteiger partial charge in [0.25, 0.3) is 5.91 Å². The number of hydrogen-bond donors (Lipinski definition) is 2. The molecule has 1 aromatic heterocycles. The summed E-state index contributed by atoms with van der Waals surface area (Å²) < 4.78 is 12.9. The minimum Gasteiger partial charge on any atom is -0.272 e. The van der Waals surface area contributed by atoms with Gasteiger partial charge in [0.15, 0.2) is 0 Å². The van der Waals surface area contributed by atoms with Crippen LogP contribution in [0, 0.1) is 5.82 Å². The molecule has 2 N–H and O–H groups in total. The first-order valence-electron chi connectivity index (χ1n) is 7.02. The van der Waals surface area contributed by atoms with E-state index in [0.717, 1.165) is 5.56 Å². The van der Waals surface area contributed by atoms with Crippen molar-refractivity contribution in [2.45, 2.75) is 0 Å². The lowest BCUT2D eigenvalue weighted by Crippen LogP contribution is -2.17. The van der Waals surface area contributed by atoms with E-state index >= 15 is 0 Å². The summed E-state index contributed by atoms with van der Waals surface area (Å²) >= 11 is 5.79. The maximum atomic E-state index is 12.9. The van der Waals surface area contributed by atoms with Crippen LogP contribution in [0.4, 0.5) is 4.39 Å². The fraction of sp³-hybridized carbons (Fsp3) is 0. The molecule has 2 aromatic carbocycles. The number of H-pyrrole nitrogens is 1. The second-order valence-electron chi connectivity index (χ2n) is 4.92. The van der Waals surface area contributed by atoms with E-state index in [2.05, 4.69) is 20.7 Å². The molecule has 5 nitrogen and oxygen atoms in total. The van der Waals surface area contributed by atoms with Crippen LogP contribution in [0.5, 0.6) is 0 Å². The van der Waals surface area contributed by atoms with Crippen LogP contribution in [-0.2, 0) is 0 Å². The Morgan fingerprint density at radius 3 is 2.58 bits per heavy atom. The second kappa shape index (κ2) is 7.06. The molecule has 3 rings (SSSR count). The molecule has 24 heavy (non-hydrogen) atoms. The summed E-state index contributed by atoms with van der Waals surface area (Å²) in [5.41, 5.74) is 4.71. The minimum atomic E-state index is -0.430. The number of carbonyl (C=O) groups excluding carboxylic acids is 1. The lowest BCUT2D eigenvalue weighted by molar-refractivity contribution is 0.0950. The quantitative estimate of drug-likeness (QED) is 0.561. The smallest absolute Gasteiger partial charge is 0.272 e. The van der Waals surface area contributed by atoms with Gasteiger partial charge in [0.1, 0.15) is 11.5 Å². The zero-order valence-corrected chi connectivity index (χ0v) is 13.1. The molecule has 120 valence electrons. The summed E-state index contributed by atoms with van der Waals surface area (Å²) in [5.74, 6) is -0.759. The van der Waals surface area contributed by atoms with Gasteiger partial charge in [-0.15, -0.1) is 0 Å². The number of nitrogens with one attached hydrogen (secondary N) is 2. The van der Waals surface area contributed by atoms with Crippen molar-refractivity contribution in [3.05, 3.63) is 76.7 Å². The first kappa shape index (κ1) is 15.9. The highest BCUT2D eigenvalue weighted by atomic mass is 35.5. The van der Waals surface area contributed by atoms with Crippen LogP contribution in [0.2, 0.25) is 5.02 Å². The van der Waals surface area contributed by atoms with Gasteiger partial charge in [-0.2, -0.15) is 10.2 Å². The third kappa shape index (κ3) is 3.85. The van der Waals surface area contributed by atoms with Crippen molar-refractivity contribution >= 4 is 23.7 Å². The summed E-state index contributed by atoms with van der Waals surface area (Å²) in [7, 11) is 0. The van der Waals surface area contributed by atoms with Crippen LogP contribution in [-0.4, -0.2) is 22.3 Å². The maximum absolute atomic E-state index is 12.9. The summed E-state index contributed by atoms with van der Waals surface area (Å²) in [6, 6.07) is 14.4. The monoisotopic (exact) mass is 342 g/mol. The van der Waals surface area contributed by atoms with Gasteiger partial charge in [-0.3, -0.25) is 9.89 Å². The fourth-order valence-electron chi connectivity index (χ4n) is 1.98. The molecule has 0 radical (unpaired) electrons. The Balaban J connectivity index is 1.65. The van der Waals surface area contributed by atoms with Gasteiger partial charge in [-0.1, -0.05) is 23.7 Å². The normalized spacial score (nSPS) is 10.9. The molecule has 0 spiro atoms. The molecule has 0 aliphatic rings. The van der Waals surface area contributed by atoms with Crippen molar-refractivity contribution in [3.63, 3.8) is 0 Å². The highest BCUT2D eigenvalue weighted by Crippen LogP contribution is 2.17. The van der Waals surface area contributed by atoms with Gasteiger partial charge in [0.05, 0.1) is 11.9 Å². The first-order chi connectivity index (χ1) is 11.6. The number of halogens is 2. The predicted octanol–water partition coefficient (Wildman–Crippen LogP) is 3.63. The van der Waals surface area contributed by atoms with Gasteiger partial charge >= 0.3 is 0 Å². The molecule has 1 heterocycles. The average molecular weight is 343 g/mol.